The van der Waals surface area contributed by atoms with Crippen LogP contribution in [0.3, 0.4) is 0 Å². The zero-order chi connectivity index (χ0) is 20.5. The van der Waals surface area contributed by atoms with Gasteiger partial charge in [-0.2, -0.15) is 5.10 Å². The average Bonchev–Trinajstić information content (AvgIpc) is 2.66. The van der Waals surface area contributed by atoms with Crippen LogP contribution in [-0.4, -0.2) is 29.6 Å². The first kappa shape index (κ1) is 19.5. The molecular formula is C21H24N4O3. The molecule has 3 rings (SSSR count). The van der Waals surface area contributed by atoms with Crippen molar-refractivity contribution in [3.63, 3.8) is 0 Å². The summed E-state index contributed by atoms with van der Waals surface area (Å²) in [4.78, 5) is 24.6. The number of nitro groups is 1. The summed E-state index contributed by atoms with van der Waals surface area (Å²) in [5.74, 6) is 0.0169. The zero-order valence-corrected chi connectivity index (χ0v) is 16.5. The van der Waals surface area contributed by atoms with Gasteiger partial charge in [0.25, 0.3) is 11.6 Å². The number of nitrogens with zero attached hydrogens (tertiary/aromatic N) is 3. The van der Waals surface area contributed by atoms with Crippen LogP contribution in [0.4, 0.5) is 11.4 Å². The monoisotopic (exact) mass is 380 g/mol. The molecule has 0 aromatic heterocycles. The molecule has 146 valence electrons. The van der Waals surface area contributed by atoms with Gasteiger partial charge in [-0.15, -0.1) is 0 Å². The van der Waals surface area contributed by atoms with Crippen LogP contribution >= 0.6 is 0 Å². The fourth-order valence-corrected chi connectivity index (χ4v) is 3.64. The number of hydrogen-bond acceptors (Lipinski definition) is 5. The Morgan fingerprint density at radius 2 is 1.96 bits per heavy atom. The number of carbonyl (C=O) groups is 1. The average molecular weight is 380 g/mol. The van der Waals surface area contributed by atoms with Gasteiger partial charge in [-0.1, -0.05) is 13.0 Å². The van der Waals surface area contributed by atoms with Crippen molar-refractivity contribution in [2.24, 2.45) is 5.10 Å². The molecule has 1 N–H and O–H groups in total. The number of nitro benzene ring substituents is 1. The molecule has 1 aliphatic rings. The van der Waals surface area contributed by atoms with Crippen LogP contribution < -0.4 is 10.3 Å². The van der Waals surface area contributed by atoms with Crippen LogP contribution in [0.5, 0.6) is 0 Å². The van der Waals surface area contributed by atoms with Gasteiger partial charge >= 0.3 is 0 Å². The summed E-state index contributed by atoms with van der Waals surface area (Å²) >= 11 is 0. The Balaban J connectivity index is 1.70. The molecule has 0 radical (unpaired) electrons. The molecule has 0 aliphatic carbocycles. The lowest BCUT2D eigenvalue weighted by molar-refractivity contribution is -0.384. The van der Waals surface area contributed by atoms with Gasteiger partial charge < -0.3 is 4.90 Å². The first-order valence-corrected chi connectivity index (χ1v) is 9.15. The molecule has 7 nitrogen and oxygen atoms in total. The van der Waals surface area contributed by atoms with E-state index in [9.17, 15) is 14.9 Å². The van der Waals surface area contributed by atoms with Crippen LogP contribution in [0.1, 0.15) is 54.6 Å². The van der Waals surface area contributed by atoms with E-state index in [1.165, 1.54) is 35.5 Å². The largest absolute Gasteiger partial charge is 0.369 e. The highest BCUT2D eigenvalue weighted by Crippen LogP contribution is 2.42. The maximum absolute atomic E-state index is 12.1. The molecule has 0 saturated carbocycles. The van der Waals surface area contributed by atoms with Crippen LogP contribution in [0, 0.1) is 10.1 Å². The van der Waals surface area contributed by atoms with Crippen molar-refractivity contribution in [3.8, 4) is 0 Å². The zero-order valence-electron chi connectivity index (χ0n) is 16.5. The summed E-state index contributed by atoms with van der Waals surface area (Å²) in [5.41, 5.74) is 6.22. The minimum absolute atomic E-state index is 0.0589. The van der Waals surface area contributed by atoms with Crippen molar-refractivity contribution in [1.29, 1.82) is 0 Å². The summed E-state index contributed by atoms with van der Waals surface area (Å²) in [6.07, 6.45) is 2.67. The van der Waals surface area contributed by atoms with E-state index in [1.807, 2.05) is 6.07 Å². The van der Waals surface area contributed by atoms with Gasteiger partial charge in [0.1, 0.15) is 0 Å². The molecule has 1 aliphatic heterocycles. The molecule has 1 heterocycles. The Kier molecular flexibility index (Phi) is 5.18. The second-order valence-corrected chi connectivity index (χ2v) is 7.80. The third kappa shape index (κ3) is 3.88. The fourth-order valence-electron chi connectivity index (χ4n) is 3.64. The van der Waals surface area contributed by atoms with E-state index in [1.54, 1.807) is 6.21 Å². The second kappa shape index (κ2) is 7.42. The van der Waals surface area contributed by atoms with Gasteiger partial charge in [0.2, 0.25) is 0 Å². The molecule has 7 heteroatoms. The Morgan fingerprint density at radius 3 is 2.61 bits per heavy atom. The van der Waals surface area contributed by atoms with Crippen LogP contribution in [0.25, 0.3) is 0 Å². The predicted octanol–water partition coefficient (Wildman–Crippen LogP) is 4.08. The SMILES string of the molecule is CC1CC(C)(C)N(C)c2ccc(/C=N\NC(=O)c3ccc([N+](=O)[O-])cc3)cc21. The van der Waals surface area contributed by atoms with E-state index in [0.717, 1.165) is 12.0 Å². The van der Waals surface area contributed by atoms with E-state index >= 15 is 0 Å². The third-order valence-electron chi connectivity index (χ3n) is 5.38. The molecule has 1 unspecified atom stereocenters. The van der Waals surface area contributed by atoms with Gasteiger partial charge in [0, 0.05) is 36.0 Å². The van der Waals surface area contributed by atoms with Gasteiger partial charge in [-0.05, 0) is 61.6 Å². The minimum Gasteiger partial charge on any atom is -0.369 e. The van der Waals surface area contributed by atoms with E-state index in [2.05, 4.69) is 55.4 Å². The lowest BCUT2D eigenvalue weighted by Crippen LogP contribution is -2.45. The van der Waals surface area contributed by atoms with E-state index in [-0.39, 0.29) is 11.2 Å². The van der Waals surface area contributed by atoms with E-state index in [0.29, 0.717) is 11.5 Å². The quantitative estimate of drug-likeness (QED) is 0.492. The molecule has 2 aromatic carbocycles. The number of fused-ring (bicyclic) bond motifs is 1. The number of benzene rings is 2. The highest BCUT2D eigenvalue weighted by molar-refractivity contribution is 5.95. The van der Waals surface area contributed by atoms with Crippen molar-refractivity contribution in [2.75, 3.05) is 11.9 Å². The predicted molar refractivity (Wildman–Crippen MR) is 110 cm³/mol. The lowest BCUT2D eigenvalue weighted by Gasteiger charge is -2.45. The molecule has 1 atom stereocenters. The number of carbonyl (C=O) groups excluding carboxylic acids is 1. The standard InChI is InChI=1S/C21H24N4O3/c1-14-12-21(2,3)24(4)19-10-5-15(11-18(14)19)13-22-23-20(26)16-6-8-17(9-7-16)25(27)28/h5-11,13-14H,12H2,1-4H3,(H,23,26)/b22-13-. The third-order valence-corrected chi connectivity index (χ3v) is 5.38. The topological polar surface area (TPSA) is 87.8 Å². The number of rotatable bonds is 4. The number of nitrogens with one attached hydrogen (secondary N) is 1. The number of hydrazone groups is 1. The van der Waals surface area contributed by atoms with Gasteiger partial charge in [-0.3, -0.25) is 14.9 Å². The van der Waals surface area contributed by atoms with Crippen molar-refractivity contribution >= 4 is 23.5 Å². The second-order valence-electron chi connectivity index (χ2n) is 7.80. The molecule has 0 fully saturated rings. The Labute approximate surface area is 164 Å². The number of non-ortho nitro benzene ring substituents is 1. The minimum atomic E-state index is -0.504. The summed E-state index contributed by atoms with van der Waals surface area (Å²) in [5, 5.41) is 14.7. The Morgan fingerprint density at radius 1 is 1.29 bits per heavy atom. The summed E-state index contributed by atoms with van der Waals surface area (Å²) in [7, 11) is 2.11. The molecular weight excluding hydrogens is 356 g/mol. The van der Waals surface area contributed by atoms with Crippen molar-refractivity contribution in [2.45, 2.75) is 38.6 Å². The summed E-state index contributed by atoms with van der Waals surface area (Å²) in [6.45, 7) is 6.72. The molecule has 0 bridgehead atoms. The van der Waals surface area contributed by atoms with Crippen LogP contribution in [0.2, 0.25) is 0 Å². The van der Waals surface area contributed by atoms with E-state index < -0.39 is 10.8 Å². The summed E-state index contributed by atoms with van der Waals surface area (Å²) < 4.78 is 0. The van der Waals surface area contributed by atoms with Gasteiger partial charge in [-0.25, -0.2) is 5.43 Å². The molecule has 0 saturated heterocycles. The highest BCUT2D eigenvalue weighted by Gasteiger charge is 2.33. The molecule has 2 aromatic rings. The maximum Gasteiger partial charge on any atom is 0.271 e. The summed E-state index contributed by atoms with van der Waals surface area (Å²) in [6, 6.07) is 11.6. The molecule has 28 heavy (non-hydrogen) atoms. The van der Waals surface area contributed by atoms with Crippen molar-refractivity contribution < 1.29 is 9.72 Å². The number of amides is 1. The first-order valence-electron chi connectivity index (χ1n) is 9.15. The highest BCUT2D eigenvalue weighted by atomic mass is 16.6. The molecule has 0 spiro atoms. The number of anilines is 1. The molecule has 1 amide bonds. The Hall–Kier alpha value is -3.22. The Bertz CT molecular complexity index is 935. The smallest absolute Gasteiger partial charge is 0.271 e. The van der Waals surface area contributed by atoms with E-state index in [4.69, 9.17) is 0 Å². The lowest BCUT2D eigenvalue weighted by atomic mass is 9.80. The van der Waals surface area contributed by atoms with Crippen LogP contribution in [0.15, 0.2) is 47.6 Å². The van der Waals surface area contributed by atoms with Crippen LogP contribution in [-0.2, 0) is 0 Å². The maximum atomic E-state index is 12.1. The van der Waals surface area contributed by atoms with Gasteiger partial charge in [0.15, 0.2) is 0 Å². The van der Waals surface area contributed by atoms with Crippen molar-refractivity contribution in [3.05, 3.63) is 69.3 Å². The normalized spacial score (nSPS) is 18.0. The van der Waals surface area contributed by atoms with Gasteiger partial charge in [0.05, 0.1) is 11.1 Å². The first-order chi connectivity index (χ1) is 13.2. The fraction of sp³-hybridized carbons (Fsp3) is 0.333. The van der Waals surface area contributed by atoms with Crippen molar-refractivity contribution in [1.82, 2.24) is 5.43 Å². The number of hydrogen-bond donors (Lipinski definition) is 1.